The molecule has 1 aromatic carbocycles. The quantitative estimate of drug-likeness (QED) is 0.318. The molecule has 4 aliphatic heterocycles. The average molecular weight is 632 g/mol. The molecule has 4 heterocycles. The van der Waals surface area contributed by atoms with Crippen molar-refractivity contribution in [3.8, 4) is 0 Å². The van der Waals surface area contributed by atoms with Crippen LogP contribution in [0.2, 0.25) is 0 Å². The van der Waals surface area contributed by atoms with Crippen LogP contribution in [0.25, 0.3) is 0 Å². The van der Waals surface area contributed by atoms with E-state index in [1.807, 2.05) is 27.7 Å². The average Bonchev–Trinajstić information content (AvgIpc) is 3.43. The lowest BCUT2D eigenvalue weighted by Crippen LogP contribution is -2.69. The molecule has 1 aromatic rings. The molecule has 0 bridgehead atoms. The standard InChI is InChI=1S/C33H45NO11/c1-18-16-33(39-7,45-20(3)19(18)2)28(44-31(37)21-11-9-8-10-12-21)29(36)34-30-26-25(40-17-41-30)27(38-6)32(4,5)23(43-26)15-22-13-14-24(35)42-22/h8-12,19-20,22-23,25-28,30H,1,13-17H2,2-7H3,(H,34,36)/t19-,20-,22+,23-,25+,26+,27-,28-,30+,33-/m1/s1. The summed E-state index contributed by atoms with van der Waals surface area (Å²) < 4.78 is 48.0. The molecule has 0 saturated carbocycles. The summed E-state index contributed by atoms with van der Waals surface area (Å²) in [5, 5.41) is 2.89. The lowest BCUT2D eigenvalue weighted by Gasteiger charge is -2.54. The molecule has 4 saturated heterocycles. The van der Waals surface area contributed by atoms with Crippen molar-refractivity contribution < 1.29 is 52.3 Å². The first-order valence-corrected chi connectivity index (χ1v) is 15.5. The van der Waals surface area contributed by atoms with Crippen molar-refractivity contribution in [2.75, 3.05) is 21.0 Å². The number of carbonyl (C=O) groups is 3. The molecule has 4 fully saturated rings. The van der Waals surface area contributed by atoms with Gasteiger partial charge in [0.2, 0.25) is 11.9 Å². The zero-order valence-electron chi connectivity index (χ0n) is 26.8. The van der Waals surface area contributed by atoms with Crippen molar-refractivity contribution in [1.82, 2.24) is 5.32 Å². The van der Waals surface area contributed by atoms with Crippen molar-refractivity contribution in [1.29, 1.82) is 0 Å². The number of hydrogen-bond donors (Lipinski definition) is 1. The number of fused-ring (bicyclic) bond motifs is 1. The molecule has 45 heavy (non-hydrogen) atoms. The number of rotatable bonds is 9. The number of ether oxygens (including phenoxy) is 8. The number of amides is 1. The van der Waals surface area contributed by atoms with E-state index in [4.69, 9.17) is 37.9 Å². The lowest BCUT2D eigenvalue weighted by molar-refractivity contribution is -0.332. The molecule has 5 rings (SSSR count). The molecule has 248 valence electrons. The fourth-order valence-corrected chi connectivity index (χ4v) is 6.80. The third-order valence-corrected chi connectivity index (χ3v) is 9.72. The summed E-state index contributed by atoms with van der Waals surface area (Å²) in [6.07, 6.45) is -3.95. The van der Waals surface area contributed by atoms with E-state index in [2.05, 4.69) is 11.9 Å². The fraction of sp³-hybridized carbons (Fsp3) is 0.667. The second-order valence-corrected chi connectivity index (χ2v) is 12.9. The summed E-state index contributed by atoms with van der Waals surface area (Å²) in [5.41, 5.74) is 0.521. The van der Waals surface area contributed by atoms with Gasteiger partial charge in [0.25, 0.3) is 5.91 Å². The third kappa shape index (κ3) is 6.68. The van der Waals surface area contributed by atoms with E-state index in [0.29, 0.717) is 19.3 Å². The molecule has 0 aromatic heterocycles. The third-order valence-electron chi connectivity index (χ3n) is 9.72. The smallest absolute Gasteiger partial charge is 0.339 e. The molecular weight excluding hydrogens is 586 g/mol. The SMILES string of the molecule is C=C1C[C@](OC)([C@H](OC(=O)c2ccccc2)C(=O)N[C@H]2OCO[C@H]3[C@@H]2O[C@H](C[C@@H]2CCC(=O)O2)C(C)(C)[C@@H]3OC)O[C@H](C)[C@@H]1C. The van der Waals surface area contributed by atoms with E-state index in [-0.39, 0.29) is 42.9 Å². The van der Waals surface area contributed by atoms with E-state index < -0.39 is 59.8 Å². The van der Waals surface area contributed by atoms with Crippen LogP contribution in [0.3, 0.4) is 0 Å². The fourth-order valence-electron chi connectivity index (χ4n) is 6.80. The number of esters is 2. The van der Waals surface area contributed by atoms with Crippen LogP contribution in [-0.2, 0) is 47.5 Å². The highest BCUT2D eigenvalue weighted by Crippen LogP contribution is 2.45. The minimum Gasteiger partial charge on any atom is -0.462 e. The maximum absolute atomic E-state index is 14.2. The summed E-state index contributed by atoms with van der Waals surface area (Å²) in [6, 6.07) is 8.37. The summed E-state index contributed by atoms with van der Waals surface area (Å²) in [7, 11) is 3.01. The number of carbonyl (C=O) groups excluding carboxylic acids is 3. The molecule has 1 N–H and O–H groups in total. The molecule has 0 radical (unpaired) electrons. The molecule has 12 nitrogen and oxygen atoms in total. The summed E-state index contributed by atoms with van der Waals surface area (Å²) in [4.78, 5) is 39.4. The molecular formula is C33H45NO11. The van der Waals surface area contributed by atoms with Crippen molar-refractivity contribution in [2.45, 2.75) is 108 Å². The van der Waals surface area contributed by atoms with Crippen LogP contribution < -0.4 is 5.32 Å². The Labute approximate surface area is 264 Å². The Morgan fingerprint density at radius 1 is 1.11 bits per heavy atom. The Bertz CT molecular complexity index is 1250. The summed E-state index contributed by atoms with van der Waals surface area (Å²) in [5.74, 6) is -3.32. The van der Waals surface area contributed by atoms with Crippen LogP contribution in [0.4, 0.5) is 0 Å². The number of nitrogens with one attached hydrogen (secondary N) is 1. The number of hydrogen-bond acceptors (Lipinski definition) is 11. The second kappa shape index (κ2) is 13.5. The Morgan fingerprint density at radius 3 is 2.47 bits per heavy atom. The highest BCUT2D eigenvalue weighted by molar-refractivity contribution is 5.92. The Hall–Kier alpha value is -2.87. The molecule has 1 amide bonds. The van der Waals surface area contributed by atoms with Crippen molar-refractivity contribution in [3.63, 3.8) is 0 Å². The lowest BCUT2D eigenvalue weighted by atomic mass is 9.72. The number of cyclic esters (lactones) is 1. The zero-order chi connectivity index (χ0) is 32.5. The summed E-state index contributed by atoms with van der Waals surface area (Å²) >= 11 is 0. The van der Waals surface area contributed by atoms with E-state index in [1.54, 1.807) is 37.4 Å². The van der Waals surface area contributed by atoms with Crippen molar-refractivity contribution >= 4 is 17.8 Å². The molecule has 0 aliphatic carbocycles. The summed E-state index contributed by atoms with van der Waals surface area (Å²) in [6.45, 7) is 11.9. The van der Waals surface area contributed by atoms with Gasteiger partial charge in [-0.15, -0.1) is 0 Å². The maximum atomic E-state index is 14.2. The van der Waals surface area contributed by atoms with E-state index in [1.165, 1.54) is 7.11 Å². The predicted octanol–water partition coefficient (Wildman–Crippen LogP) is 3.28. The van der Waals surface area contributed by atoms with E-state index in [0.717, 1.165) is 5.57 Å². The van der Waals surface area contributed by atoms with Gasteiger partial charge in [0, 0.05) is 44.8 Å². The second-order valence-electron chi connectivity index (χ2n) is 12.9. The Kier molecular flexibility index (Phi) is 10.0. The van der Waals surface area contributed by atoms with Gasteiger partial charge in [0.05, 0.1) is 23.9 Å². The molecule has 4 aliphatic rings. The molecule has 12 heteroatoms. The largest absolute Gasteiger partial charge is 0.462 e. The van der Waals surface area contributed by atoms with Gasteiger partial charge >= 0.3 is 11.9 Å². The van der Waals surface area contributed by atoms with Crippen LogP contribution >= 0.6 is 0 Å². The molecule has 0 unspecified atom stereocenters. The predicted molar refractivity (Wildman–Crippen MR) is 159 cm³/mol. The topological polar surface area (TPSA) is 137 Å². The zero-order valence-corrected chi connectivity index (χ0v) is 26.8. The van der Waals surface area contributed by atoms with Gasteiger partial charge < -0.3 is 43.2 Å². The van der Waals surface area contributed by atoms with Gasteiger partial charge in [0.1, 0.15) is 25.1 Å². The monoisotopic (exact) mass is 631 g/mol. The van der Waals surface area contributed by atoms with Gasteiger partial charge in [-0.05, 0) is 25.5 Å². The van der Waals surface area contributed by atoms with E-state index >= 15 is 0 Å². The van der Waals surface area contributed by atoms with Crippen LogP contribution in [0.1, 0.15) is 63.7 Å². The Balaban J connectivity index is 1.42. The van der Waals surface area contributed by atoms with Crippen LogP contribution in [-0.4, -0.2) is 93.6 Å². The normalized spacial score (nSPS) is 36.8. The minimum absolute atomic E-state index is 0.0116. The first kappa shape index (κ1) is 33.5. The first-order chi connectivity index (χ1) is 21.4. The number of methoxy groups -OCH3 is 2. The minimum atomic E-state index is -1.65. The van der Waals surface area contributed by atoms with Crippen LogP contribution in [0.15, 0.2) is 42.5 Å². The van der Waals surface area contributed by atoms with Gasteiger partial charge in [-0.3, -0.25) is 9.59 Å². The Morgan fingerprint density at radius 2 is 1.84 bits per heavy atom. The molecule has 10 atom stereocenters. The van der Waals surface area contributed by atoms with Crippen LogP contribution in [0.5, 0.6) is 0 Å². The maximum Gasteiger partial charge on any atom is 0.339 e. The highest BCUT2D eigenvalue weighted by atomic mass is 16.7. The van der Waals surface area contributed by atoms with Crippen LogP contribution in [0, 0.1) is 11.3 Å². The van der Waals surface area contributed by atoms with E-state index in [9.17, 15) is 14.4 Å². The number of benzene rings is 1. The van der Waals surface area contributed by atoms with Gasteiger partial charge in [-0.1, -0.05) is 51.1 Å². The van der Waals surface area contributed by atoms with Crippen molar-refractivity contribution in [2.24, 2.45) is 11.3 Å². The van der Waals surface area contributed by atoms with Crippen molar-refractivity contribution in [3.05, 3.63) is 48.0 Å². The van der Waals surface area contributed by atoms with Gasteiger partial charge in [-0.25, -0.2) is 4.79 Å². The van der Waals surface area contributed by atoms with Gasteiger partial charge in [-0.2, -0.15) is 0 Å². The molecule has 0 spiro atoms. The first-order valence-electron chi connectivity index (χ1n) is 15.5. The van der Waals surface area contributed by atoms with Gasteiger partial charge in [0.15, 0.2) is 6.23 Å². The highest BCUT2D eigenvalue weighted by Gasteiger charge is 2.58.